The molecule has 5 nitrogen and oxygen atoms in total. The molecule has 0 saturated carbocycles. The number of hydrogen-bond donors (Lipinski definition) is 1. The molecule has 126 valence electrons. The lowest BCUT2D eigenvalue weighted by Gasteiger charge is -2.31. The Kier molecular flexibility index (Phi) is 6.38. The van der Waals surface area contributed by atoms with Gasteiger partial charge in [0.05, 0.1) is 6.61 Å². The Morgan fingerprint density at radius 3 is 2.70 bits per heavy atom. The van der Waals surface area contributed by atoms with Crippen molar-refractivity contribution < 1.29 is 18.7 Å². The van der Waals surface area contributed by atoms with E-state index in [1.54, 1.807) is 12.1 Å². The number of piperidine rings is 1. The Labute approximate surface area is 135 Å². The lowest BCUT2D eigenvalue weighted by atomic mass is 9.93. The van der Waals surface area contributed by atoms with E-state index in [0.29, 0.717) is 50.6 Å². The maximum absolute atomic E-state index is 13.0. The van der Waals surface area contributed by atoms with Crippen LogP contribution in [-0.4, -0.2) is 36.4 Å². The molecule has 2 amide bonds. The molecule has 0 bridgehead atoms. The van der Waals surface area contributed by atoms with Crippen molar-refractivity contribution in [1.82, 2.24) is 4.90 Å². The van der Waals surface area contributed by atoms with Crippen LogP contribution in [0.4, 0.5) is 4.39 Å². The molecule has 23 heavy (non-hydrogen) atoms. The maximum Gasteiger partial charge on any atom is 0.222 e. The van der Waals surface area contributed by atoms with Gasteiger partial charge < -0.3 is 15.4 Å². The van der Waals surface area contributed by atoms with E-state index in [-0.39, 0.29) is 17.6 Å². The van der Waals surface area contributed by atoms with Gasteiger partial charge in [0, 0.05) is 32.0 Å². The van der Waals surface area contributed by atoms with E-state index in [9.17, 15) is 14.0 Å². The van der Waals surface area contributed by atoms with Gasteiger partial charge in [0.2, 0.25) is 11.8 Å². The summed E-state index contributed by atoms with van der Waals surface area (Å²) < 4.78 is 18.4. The highest BCUT2D eigenvalue weighted by Crippen LogP contribution is 2.21. The Morgan fingerprint density at radius 1 is 1.30 bits per heavy atom. The number of nitrogens with two attached hydrogens (primary N) is 1. The third kappa shape index (κ3) is 5.88. The monoisotopic (exact) mass is 322 g/mol. The molecule has 1 saturated heterocycles. The molecule has 0 spiro atoms. The van der Waals surface area contributed by atoms with Crippen LogP contribution < -0.4 is 10.5 Å². The van der Waals surface area contributed by atoms with Gasteiger partial charge in [0.25, 0.3) is 0 Å². The van der Waals surface area contributed by atoms with E-state index >= 15 is 0 Å². The molecule has 1 aliphatic rings. The highest BCUT2D eigenvalue weighted by Gasteiger charge is 2.23. The van der Waals surface area contributed by atoms with Gasteiger partial charge >= 0.3 is 0 Å². The standard InChI is InChI=1S/C17H23FN2O3/c18-14-3-1-4-15(12-14)23-10-2-5-17(22)20-8-6-13(7-9-20)11-16(19)21/h1,3-4,12-13H,2,5-11H2,(H2,19,21). The van der Waals surface area contributed by atoms with Crippen LogP contribution in [0.3, 0.4) is 0 Å². The van der Waals surface area contributed by atoms with E-state index < -0.39 is 0 Å². The number of halogens is 1. The highest BCUT2D eigenvalue weighted by atomic mass is 19.1. The second-order valence-corrected chi connectivity index (χ2v) is 5.90. The number of carbonyl (C=O) groups is 2. The van der Waals surface area contributed by atoms with Crippen LogP contribution in [-0.2, 0) is 9.59 Å². The third-order valence-corrected chi connectivity index (χ3v) is 4.06. The van der Waals surface area contributed by atoms with Gasteiger partial charge in [-0.2, -0.15) is 0 Å². The summed E-state index contributed by atoms with van der Waals surface area (Å²) in [6, 6.07) is 5.96. The molecule has 2 N–H and O–H groups in total. The molecule has 6 heteroatoms. The van der Waals surface area contributed by atoms with Crippen molar-refractivity contribution in [3.05, 3.63) is 30.1 Å². The van der Waals surface area contributed by atoms with E-state index in [0.717, 1.165) is 12.8 Å². The number of ether oxygens (including phenoxy) is 1. The molecule has 0 aliphatic carbocycles. The summed E-state index contributed by atoms with van der Waals surface area (Å²) in [6.45, 7) is 1.75. The van der Waals surface area contributed by atoms with Gasteiger partial charge in [-0.15, -0.1) is 0 Å². The summed E-state index contributed by atoms with van der Waals surface area (Å²) in [5.74, 6) is 0.268. The molecule has 1 heterocycles. The SMILES string of the molecule is NC(=O)CC1CCN(C(=O)CCCOc2cccc(F)c2)CC1. The number of primary amides is 1. The predicted molar refractivity (Wildman–Crippen MR) is 84.2 cm³/mol. The Morgan fingerprint density at radius 2 is 2.04 bits per heavy atom. The zero-order valence-corrected chi connectivity index (χ0v) is 13.2. The number of likely N-dealkylation sites (tertiary alicyclic amines) is 1. The van der Waals surface area contributed by atoms with E-state index in [2.05, 4.69) is 0 Å². The van der Waals surface area contributed by atoms with Crippen molar-refractivity contribution >= 4 is 11.8 Å². The van der Waals surface area contributed by atoms with Crippen LogP contribution in [0.15, 0.2) is 24.3 Å². The summed E-state index contributed by atoms with van der Waals surface area (Å²) >= 11 is 0. The zero-order chi connectivity index (χ0) is 16.7. The van der Waals surface area contributed by atoms with Gasteiger partial charge in [-0.1, -0.05) is 6.07 Å². The number of hydrogen-bond acceptors (Lipinski definition) is 3. The molecule has 1 aromatic rings. The zero-order valence-electron chi connectivity index (χ0n) is 13.2. The van der Waals surface area contributed by atoms with Gasteiger partial charge in [-0.3, -0.25) is 9.59 Å². The molecule has 1 fully saturated rings. The average Bonchev–Trinajstić information content (AvgIpc) is 2.51. The Balaban J connectivity index is 1.63. The second kappa shape index (κ2) is 8.50. The van der Waals surface area contributed by atoms with Crippen molar-refractivity contribution in [2.24, 2.45) is 11.7 Å². The van der Waals surface area contributed by atoms with E-state index in [1.165, 1.54) is 12.1 Å². The van der Waals surface area contributed by atoms with Crippen molar-refractivity contribution in [3.8, 4) is 5.75 Å². The van der Waals surface area contributed by atoms with Gasteiger partial charge in [0.1, 0.15) is 11.6 Å². The topological polar surface area (TPSA) is 72.6 Å². The molecule has 0 unspecified atom stereocenters. The summed E-state index contributed by atoms with van der Waals surface area (Å²) in [4.78, 5) is 24.8. The lowest BCUT2D eigenvalue weighted by molar-refractivity contribution is -0.132. The molecule has 0 aromatic heterocycles. The van der Waals surface area contributed by atoms with Gasteiger partial charge in [0.15, 0.2) is 0 Å². The minimum atomic E-state index is -0.336. The van der Waals surface area contributed by atoms with E-state index in [4.69, 9.17) is 10.5 Å². The third-order valence-electron chi connectivity index (χ3n) is 4.06. The van der Waals surface area contributed by atoms with Crippen LogP contribution in [0.5, 0.6) is 5.75 Å². The fraction of sp³-hybridized carbons (Fsp3) is 0.529. The number of benzene rings is 1. The smallest absolute Gasteiger partial charge is 0.222 e. The molecule has 1 aliphatic heterocycles. The fourth-order valence-electron chi connectivity index (χ4n) is 2.80. The fourth-order valence-corrected chi connectivity index (χ4v) is 2.80. The van der Waals surface area contributed by atoms with Crippen LogP contribution in [0, 0.1) is 11.7 Å². The quantitative estimate of drug-likeness (QED) is 0.781. The maximum atomic E-state index is 13.0. The summed E-state index contributed by atoms with van der Waals surface area (Å²) in [5.41, 5.74) is 5.20. The summed E-state index contributed by atoms with van der Waals surface area (Å²) in [6.07, 6.45) is 3.07. The first-order valence-electron chi connectivity index (χ1n) is 7.99. The van der Waals surface area contributed by atoms with Gasteiger partial charge in [-0.25, -0.2) is 4.39 Å². The number of amides is 2. The second-order valence-electron chi connectivity index (χ2n) is 5.90. The summed E-state index contributed by atoms with van der Waals surface area (Å²) in [5, 5.41) is 0. The van der Waals surface area contributed by atoms with Crippen LogP contribution in [0.1, 0.15) is 32.1 Å². The van der Waals surface area contributed by atoms with Gasteiger partial charge in [-0.05, 0) is 37.3 Å². The first-order valence-corrected chi connectivity index (χ1v) is 7.99. The molecule has 2 rings (SSSR count). The average molecular weight is 322 g/mol. The Bertz CT molecular complexity index is 542. The minimum Gasteiger partial charge on any atom is -0.493 e. The molecule has 0 atom stereocenters. The number of nitrogens with zero attached hydrogens (tertiary/aromatic N) is 1. The van der Waals surface area contributed by atoms with Crippen molar-refractivity contribution in [2.75, 3.05) is 19.7 Å². The number of carbonyl (C=O) groups excluding carboxylic acids is 2. The van der Waals surface area contributed by atoms with Crippen LogP contribution in [0.25, 0.3) is 0 Å². The van der Waals surface area contributed by atoms with E-state index in [1.807, 2.05) is 4.90 Å². The molecule has 0 radical (unpaired) electrons. The van der Waals surface area contributed by atoms with Crippen LogP contribution in [0.2, 0.25) is 0 Å². The molecular weight excluding hydrogens is 299 g/mol. The number of rotatable bonds is 7. The molecule has 1 aromatic carbocycles. The van der Waals surface area contributed by atoms with Crippen molar-refractivity contribution in [3.63, 3.8) is 0 Å². The van der Waals surface area contributed by atoms with Crippen molar-refractivity contribution in [2.45, 2.75) is 32.1 Å². The predicted octanol–water partition coefficient (Wildman–Crippen LogP) is 2.10. The molecular formula is C17H23FN2O3. The first kappa shape index (κ1) is 17.2. The van der Waals surface area contributed by atoms with Crippen LogP contribution >= 0.6 is 0 Å². The minimum absolute atomic E-state index is 0.102. The summed E-state index contributed by atoms with van der Waals surface area (Å²) in [7, 11) is 0. The Hall–Kier alpha value is -2.11. The first-order chi connectivity index (χ1) is 11.0. The van der Waals surface area contributed by atoms with Crippen molar-refractivity contribution in [1.29, 1.82) is 0 Å². The largest absolute Gasteiger partial charge is 0.493 e. The normalized spacial score (nSPS) is 15.4. The lowest BCUT2D eigenvalue weighted by Crippen LogP contribution is -2.39. The highest BCUT2D eigenvalue weighted by molar-refractivity contribution is 5.76.